The van der Waals surface area contributed by atoms with Crippen molar-refractivity contribution in [1.29, 1.82) is 0 Å². The number of pyridine rings is 1. The molecule has 1 aliphatic rings. The largest absolute Gasteiger partial charge is 0.480 e. The number of nitrogens with zero attached hydrogens (tertiary/aromatic N) is 2. The zero-order valence-electron chi connectivity index (χ0n) is 12.2. The highest BCUT2D eigenvalue weighted by atomic mass is 16.5. The molecule has 1 saturated carbocycles. The number of furan rings is 1. The number of amides is 1. The molecule has 0 spiro atoms. The van der Waals surface area contributed by atoms with Crippen molar-refractivity contribution in [2.45, 2.75) is 31.8 Å². The summed E-state index contributed by atoms with van der Waals surface area (Å²) in [6.07, 6.45) is 5.30. The predicted molar refractivity (Wildman–Crippen MR) is 77.1 cm³/mol. The molecule has 1 atom stereocenters. The highest BCUT2D eigenvalue weighted by Crippen LogP contribution is 2.36. The third kappa shape index (κ3) is 2.63. The molecule has 0 radical (unpaired) electrons. The van der Waals surface area contributed by atoms with E-state index in [1.54, 1.807) is 24.6 Å². The van der Waals surface area contributed by atoms with Crippen LogP contribution >= 0.6 is 0 Å². The van der Waals surface area contributed by atoms with Crippen LogP contribution in [-0.4, -0.2) is 28.9 Å². The van der Waals surface area contributed by atoms with E-state index >= 15 is 0 Å². The monoisotopic (exact) mass is 286 g/mol. The van der Waals surface area contributed by atoms with Gasteiger partial charge in [-0.1, -0.05) is 0 Å². The highest BCUT2D eigenvalue weighted by molar-refractivity contribution is 5.97. The standard InChI is InChI=1S/C16H18N2O3/c1-11(14-6-4-10-21-14)18(12-7-8-12)16(19)13-5-3-9-17-15(13)20-2/h3-6,9-12H,7-8H2,1-2H3. The molecule has 21 heavy (non-hydrogen) atoms. The zero-order chi connectivity index (χ0) is 14.8. The SMILES string of the molecule is COc1ncccc1C(=O)N(C1CC1)C(C)c1ccco1. The molecule has 5 heteroatoms. The molecule has 1 aliphatic carbocycles. The third-order valence-electron chi connectivity index (χ3n) is 3.74. The van der Waals surface area contributed by atoms with Crippen LogP contribution in [0.2, 0.25) is 0 Å². The number of aromatic nitrogens is 1. The summed E-state index contributed by atoms with van der Waals surface area (Å²) in [6, 6.07) is 7.39. The van der Waals surface area contributed by atoms with Crippen LogP contribution in [0, 0.1) is 0 Å². The molecule has 3 rings (SSSR count). The maximum absolute atomic E-state index is 12.9. The summed E-state index contributed by atoms with van der Waals surface area (Å²) in [5, 5.41) is 0. The van der Waals surface area contributed by atoms with E-state index < -0.39 is 0 Å². The minimum atomic E-state index is -0.107. The van der Waals surface area contributed by atoms with Crippen molar-refractivity contribution in [2.75, 3.05) is 7.11 Å². The maximum atomic E-state index is 12.9. The van der Waals surface area contributed by atoms with Crippen molar-refractivity contribution in [2.24, 2.45) is 0 Å². The van der Waals surface area contributed by atoms with Crippen molar-refractivity contribution in [1.82, 2.24) is 9.88 Å². The number of hydrogen-bond donors (Lipinski definition) is 0. The van der Waals surface area contributed by atoms with Gasteiger partial charge in [-0.2, -0.15) is 0 Å². The van der Waals surface area contributed by atoms with Gasteiger partial charge in [0.05, 0.1) is 19.4 Å². The summed E-state index contributed by atoms with van der Waals surface area (Å²) in [4.78, 5) is 18.9. The van der Waals surface area contributed by atoms with Gasteiger partial charge in [0.2, 0.25) is 5.88 Å². The molecule has 0 aliphatic heterocycles. The van der Waals surface area contributed by atoms with Gasteiger partial charge >= 0.3 is 0 Å². The molecule has 1 unspecified atom stereocenters. The van der Waals surface area contributed by atoms with Gasteiger partial charge in [0.1, 0.15) is 11.3 Å². The van der Waals surface area contributed by atoms with Gasteiger partial charge in [0, 0.05) is 12.2 Å². The van der Waals surface area contributed by atoms with Gasteiger partial charge < -0.3 is 14.1 Å². The van der Waals surface area contributed by atoms with E-state index in [4.69, 9.17) is 9.15 Å². The van der Waals surface area contributed by atoms with Crippen LogP contribution in [0.1, 0.15) is 41.9 Å². The number of ether oxygens (including phenoxy) is 1. The molecular formula is C16H18N2O3. The van der Waals surface area contributed by atoms with Gasteiger partial charge in [-0.25, -0.2) is 4.98 Å². The summed E-state index contributed by atoms with van der Waals surface area (Å²) >= 11 is 0. The summed E-state index contributed by atoms with van der Waals surface area (Å²) in [7, 11) is 1.52. The summed E-state index contributed by atoms with van der Waals surface area (Å²) in [5.41, 5.74) is 0.491. The second-order valence-corrected chi connectivity index (χ2v) is 5.20. The van der Waals surface area contributed by atoms with E-state index in [0.717, 1.165) is 18.6 Å². The molecule has 2 heterocycles. The lowest BCUT2D eigenvalue weighted by Gasteiger charge is -2.28. The molecule has 1 amide bonds. The summed E-state index contributed by atoms with van der Waals surface area (Å²) in [5.74, 6) is 1.09. The smallest absolute Gasteiger partial charge is 0.260 e. The average molecular weight is 286 g/mol. The first-order valence-electron chi connectivity index (χ1n) is 7.07. The van der Waals surface area contributed by atoms with Crippen LogP contribution in [0.15, 0.2) is 41.1 Å². The molecule has 0 bridgehead atoms. The van der Waals surface area contributed by atoms with Crippen LogP contribution in [0.25, 0.3) is 0 Å². The van der Waals surface area contributed by atoms with E-state index in [1.165, 1.54) is 7.11 Å². The average Bonchev–Trinajstić information content (AvgIpc) is 3.18. The Hall–Kier alpha value is -2.30. The number of carbonyl (C=O) groups excluding carboxylic acids is 1. The Morgan fingerprint density at radius 1 is 1.43 bits per heavy atom. The van der Waals surface area contributed by atoms with Gasteiger partial charge in [-0.05, 0) is 44.0 Å². The minimum absolute atomic E-state index is 0.0636. The topological polar surface area (TPSA) is 55.6 Å². The van der Waals surface area contributed by atoms with Crippen molar-refractivity contribution >= 4 is 5.91 Å². The fourth-order valence-corrected chi connectivity index (χ4v) is 2.53. The van der Waals surface area contributed by atoms with E-state index in [9.17, 15) is 4.79 Å². The van der Waals surface area contributed by atoms with Crippen molar-refractivity contribution in [3.63, 3.8) is 0 Å². The Bertz CT molecular complexity index is 620. The molecule has 110 valence electrons. The normalized spacial score (nSPS) is 15.5. The molecule has 0 aromatic carbocycles. The van der Waals surface area contributed by atoms with E-state index in [-0.39, 0.29) is 18.0 Å². The third-order valence-corrected chi connectivity index (χ3v) is 3.74. The van der Waals surface area contributed by atoms with E-state index in [1.807, 2.05) is 24.0 Å². The number of carbonyl (C=O) groups is 1. The Labute approximate surface area is 123 Å². The molecule has 2 aromatic rings. The lowest BCUT2D eigenvalue weighted by molar-refractivity contribution is 0.0648. The lowest BCUT2D eigenvalue weighted by atomic mass is 10.1. The van der Waals surface area contributed by atoms with Crippen LogP contribution in [0.3, 0.4) is 0 Å². The Morgan fingerprint density at radius 2 is 2.24 bits per heavy atom. The molecule has 0 saturated heterocycles. The van der Waals surface area contributed by atoms with Gasteiger partial charge in [0.15, 0.2) is 0 Å². The zero-order valence-corrected chi connectivity index (χ0v) is 12.2. The molecule has 2 aromatic heterocycles. The Balaban J connectivity index is 1.92. The predicted octanol–water partition coefficient (Wildman–Crippen LogP) is 3.05. The first kappa shape index (κ1) is 13.7. The Kier molecular flexibility index (Phi) is 3.64. The van der Waals surface area contributed by atoms with Crippen LogP contribution in [0.4, 0.5) is 0 Å². The van der Waals surface area contributed by atoms with Gasteiger partial charge in [-0.15, -0.1) is 0 Å². The number of rotatable bonds is 5. The second-order valence-electron chi connectivity index (χ2n) is 5.20. The lowest BCUT2D eigenvalue weighted by Crippen LogP contribution is -2.35. The van der Waals surface area contributed by atoms with E-state index in [0.29, 0.717) is 11.4 Å². The van der Waals surface area contributed by atoms with Gasteiger partial charge in [0.25, 0.3) is 5.91 Å². The van der Waals surface area contributed by atoms with E-state index in [2.05, 4.69) is 4.98 Å². The first-order valence-corrected chi connectivity index (χ1v) is 7.07. The summed E-state index contributed by atoms with van der Waals surface area (Å²) in [6.45, 7) is 1.98. The van der Waals surface area contributed by atoms with Crippen LogP contribution < -0.4 is 4.74 Å². The fraction of sp³-hybridized carbons (Fsp3) is 0.375. The van der Waals surface area contributed by atoms with Crippen LogP contribution in [-0.2, 0) is 0 Å². The number of hydrogen-bond acceptors (Lipinski definition) is 4. The maximum Gasteiger partial charge on any atom is 0.260 e. The van der Waals surface area contributed by atoms with Crippen molar-refractivity contribution in [3.8, 4) is 5.88 Å². The summed E-state index contributed by atoms with van der Waals surface area (Å²) < 4.78 is 10.7. The number of methoxy groups -OCH3 is 1. The quantitative estimate of drug-likeness (QED) is 0.847. The first-order chi connectivity index (χ1) is 10.2. The highest BCUT2D eigenvalue weighted by Gasteiger charge is 2.38. The molecule has 0 N–H and O–H groups in total. The fourth-order valence-electron chi connectivity index (χ4n) is 2.53. The van der Waals surface area contributed by atoms with Crippen LogP contribution in [0.5, 0.6) is 5.88 Å². The van der Waals surface area contributed by atoms with Crippen molar-refractivity contribution < 1.29 is 13.9 Å². The van der Waals surface area contributed by atoms with Crippen molar-refractivity contribution in [3.05, 3.63) is 48.0 Å². The molecule has 5 nitrogen and oxygen atoms in total. The minimum Gasteiger partial charge on any atom is -0.480 e. The molecular weight excluding hydrogens is 268 g/mol. The molecule has 1 fully saturated rings. The second kappa shape index (κ2) is 5.60. The van der Waals surface area contributed by atoms with Gasteiger partial charge in [-0.3, -0.25) is 4.79 Å². The Morgan fingerprint density at radius 3 is 2.86 bits per heavy atom.